The highest BCUT2D eigenvalue weighted by Gasteiger charge is 2.21. The number of carbonyl (C=O) groups excluding carboxylic acids is 1. The summed E-state index contributed by atoms with van der Waals surface area (Å²) in [5.41, 5.74) is 1.49. The fraction of sp³-hybridized carbons (Fsp3) is 0.348. The predicted octanol–water partition coefficient (Wildman–Crippen LogP) is 3.89. The Morgan fingerprint density at radius 2 is 1.97 bits per heavy atom. The number of rotatable bonds is 7. The molecule has 1 aliphatic rings. The second-order valence-electron chi connectivity index (χ2n) is 7.51. The van der Waals surface area contributed by atoms with Gasteiger partial charge in [0, 0.05) is 12.6 Å². The van der Waals surface area contributed by atoms with E-state index in [-0.39, 0.29) is 24.3 Å². The molecule has 31 heavy (non-hydrogen) atoms. The molecule has 8 heteroatoms. The van der Waals surface area contributed by atoms with E-state index in [1.54, 1.807) is 10.6 Å². The lowest BCUT2D eigenvalue weighted by atomic mass is 10.2. The van der Waals surface area contributed by atoms with E-state index in [0.29, 0.717) is 34.1 Å². The van der Waals surface area contributed by atoms with Gasteiger partial charge in [0.15, 0.2) is 16.7 Å². The summed E-state index contributed by atoms with van der Waals surface area (Å²) in [5.74, 6) is 1.28. The highest BCUT2D eigenvalue weighted by molar-refractivity contribution is 8.00. The maximum Gasteiger partial charge on any atom is 0.262 e. The van der Waals surface area contributed by atoms with Crippen molar-refractivity contribution in [2.24, 2.45) is 0 Å². The monoisotopic (exact) mass is 439 g/mol. The minimum absolute atomic E-state index is 0.0176. The lowest BCUT2D eigenvalue weighted by molar-refractivity contribution is -0.120. The first-order chi connectivity index (χ1) is 15.0. The molecule has 2 heterocycles. The summed E-state index contributed by atoms with van der Waals surface area (Å²) >= 11 is 1.30. The van der Waals surface area contributed by atoms with Crippen molar-refractivity contribution < 1.29 is 14.3 Å². The van der Waals surface area contributed by atoms with Crippen LogP contribution in [0.2, 0.25) is 0 Å². The van der Waals surface area contributed by atoms with Crippen LogP contribution in [-0.2, 0) is 11.3 Å². The number of aromatic nitrogens is 2. The maximum absolute atomic E-state index is 13.1. The van der Waals surface area contributed by atoms with Crippen LogP contribution in [0.1, 0.15) is 38.8 Å². The molecule has 1 aliphatic heterocycles. The standard InChI is InChI=1S/C23H25N3O4S/c1-4-14(2)26-22(28)17-7-5-6-8-18(17)25-23(26)31-15(3)21(27)24-12-16-9-10-19-20(11-16)30-13-29-19/h5-11,14-15H,4,12-13H2,1-3H3,(H,24,27)/t14-,15+/m0/s1. The van der Waals surface area contributed by atoms with Crippen LogP contribution in [0.3, 0.4) is 0 Å². The van der Waals surface area contributed by atoms with Crippen LogP contribution < -0.4 is 20.3 Å². The van der Waals surface area contributed by atoms with Crippen LogP contribution in [0.25, 0.3) is 10.9 Å². The van der Waals surface area contributed by atoms with Gasteiger partial charge in [0.05, 0.1) is 16.2 Å². The topological polar surface area (TPSA) is 82.5 Å². The number of amides is 1. The van der Waals surface area contributed by atoms with Crippen molar-refractivity contribution in [3.63, 3.8) is 0 Å². The van der Waals surface area contributed by atoms with E-state index in [1.807, 2.05) is 57.2 Å². The second kappa shape index (κ2) is 9.01. The first-order valence-electron chi connectivity index (χ1n) is 10.3. The van der Waals surface area contributed by atoms with Crippen LogP contribution in [0, 0.1) is 0 Å². The van der Waals surface area contributed by atoms with Gasteiger partial charge < -0.3 is 14.8 Å². The number of nitrogens with zero attached hydrogens (tertiary/aromatic N) is 2. The predicted molar refractivity (Wildman–Crippen MR) is 121 cm³/mol. The summed E-state index contributed by atoms with van der Waals surface area (Å²) in [5, 5.41) is 3.68. The summed E-state index contributed by atoms with van der Waals surface area (Å²) in [6, 6.07) is 12.9. The molecule has 0 saturated heterocycles. The van der Waals surface area contributed by atoms with Gasteiger partial charge in [-0.05, 0) is 50.1 Å². The van der Waals surface area contributed by atoms with E-state index < -0.39 is 5.25 Å². The fourth-order valence-electron chi connectivity index (χ4n) is 3.38. The first-order valence-corrected chi connectivity index (χ1v) is 11.2. The van der Waals surface area contributed by atoms with Crippen molar-refractivity contribution >= 4 is 28.6 Å². The maximum atomic E-state index is 13.1. The molecule has 1 amide bonds. The fourth-order valence-corrected chi connectivity index (χ4v) is 4.41. The molecule has 2 atom stereocenters. The number of thioether (sulfide) groups is 1. The van der Waals surface area contributed by atoms with Crippen molar-refractivity contribution in [3.05, 3.63) is 58.4 Å². The van der Waals surface area contributed by atoms with Gasteiger partial charge in [0.2, 0.25) is 12.7 Å². The molecule has 2 aromatic carbocycles. The number of hydrogen-bond acceptors (Lipinski definition) is 6. The molecule has 0 fully saturated rings. The number of carbonyl (C=O) groups is 1. The second-order valence-corrected chi connectivity index (χ2v) is 8.82. The molecule has 0 saturated carbocycles. The Balaban J connectivity index is 1.51. The van der Waals surface area contributed by atoms with Gasteiger partial charge >= 0.3 is 0 Å². The van der Waals surface area contributed by atoms with E-state index in [0.717, 1.165) is 12.0 Å². The molecular weight excluding hydrogens is 414 g/mol. The highest BCUT2D eigenvalue weighted by Crippen LogP contribution is 2.32. The lowest BCUT2D eigenvalue weighted by Crippen LogP contribution is -2.32. The van der Waals surface area contributed by atoms with Gasteiger partial charge in [0.1, 0.15) is 0 Å². The zero-order valence-corrected chi connectivity index (χ0v) is 18.6. The third-order valence-corrected chi connectivity index (χ3v) is 6.43. The third kappa shape index (κ3) is 4.39. The quantitative estimate of drug-likeness (QED) is 0.444. The van der Waals surface area contributed by atoms with Gasteiger partial charge in [-0.2, -0.15) is 0 Å². The van der Waals surface area contributed by atoms with Crippen molar-refractivity contribution in [1.29, 1.82) is 0 Å². The van der Waals surface area contributed by atoms with E-state index in [2.05, 4.69) is 5.32 Å². The van der Waals surface area contributed by atoms with Crippen molar-refractivity contribution in [3.8, 4) is 11.5 Å². The number of ether oxygens (including phenoxy) is 2. The van der Waals surface area contributed by atoms with Gasteiger partial charge in [-0.3, -0.25) is 14.2 Å². The molecule has 0 aliphatic carbocycles. The minimum Gasteiger partial charge on any atom is -0.454 e. The Morgan fingerprint density at radius 3 is 2.77 bits per heavy atom. The Kier molecular flexibility index (Phi) is 6.18. The average molecular weight is 440 g/mol. The van der Waals surface area contributed by atoms with Crippen LogP contribution in [0.15, 0.2) is 52.4 Å². The van der Waals surface area contributed by atoms with E-state index in [4.69, 9.17) is 14.5 Å². The minimum atomic E-state index is -0.419. The van der Waals surface area contributed by atoms with Crippen LogP contribution >= 0.6 is 11.8 Å². The first kappa shape index (κ1) is 21.2. The highest BCUT2D eigenvalue weighted by atomic mass is 32.2. The molecule has 0 radical (unpaired) electrons. The smallest absolute Gasteiger partial charge is 0.262 e. The number of hydrogen-bond donors (Lipinski definition) is 1. The molecule has 0 spiro atoms. The average Bonchev–Trinajstić information content (AvgIpc) is 3.25. The number of fused-ring (bicyclic) bond motifs is 2. The molecule has 0 unspecified atom stereocenters. The molecule has 1 N–H and O–H groups in total. The molecule has 3 aromatic rings. The van der Waals surface area contributed by atoms with Crippen molar-refractivity contribution in [2.75, 3.05) is 6.79 Å². The lowest BCUT2D eigenvalue weighted by Gasteiger charge is -2.20. The summed E-state index contributed by atoms with van der Waals surface area (Å²) in [6.07, 6.45) is 0.790. The summed E-state index contributed by atoms with van der Waals surface area (Å²) < 4.78 is 12.4. The Labute approximate surface area is 184 Å². The summed E-state index contributed by atoms with van der Waals surface area (Å²) in [6.45, 7) is 6.44. The molecule has 0 bridgehead atoms. The largest absolute Gasteiger partial charge is 0.454 e. The molecule has 7 nitrogen and oxygen atoms in total. The number of para-hydroxylation sites is 1. The number of nitrogens with one attached hydrogen (secondary N) is 1. The Morgan fingerprint density at radius 1 is 1.19 bits per heavy atom. The van der Waals surface area contributed by atoms with Gasteiger partial charge in [0.25, 0.3) is 5.56 Å². The van der Waals surface area contributed by atoms with Gasteiger partial charge in [-0.15, -0.1) is 0 Å². The van der Waals surface area contributed by atoms with Crippen molar-refractivity contribution in [1.82, 2.24) is 14.9 Å². The van der Waals surface area contributed by atoms with Crippen LogP contribution in [-0.4, -0.2) is 27.5 Å². The van der Waals surface area contributed by atoms with E-state index in [9.17, 15) is 9.59 Å². The van der Waals surface area contributed by atoms with E-state index in [1.165, 1.54) is 11.8 Å². The SMILES string of the molecule is CC[C@H](C)n1c(S[C@H](C)C(=O)NCc2ccc3c(c2)OCO3)nc2ccccc2c1=O. The third-order valence-electron chi connectivity index (χ3n) is 5.36. The normalized spacial score (nSPS) is 14.4. The van der Waals surface area contributed by atoms with Gasteiger partial charge in [-0.25, -0.2) is 4.98 Å². The summed E-state index contributed by atoms with van der Waals surface area (Å²) in [7, 11) is 0. The Bertz CT molecular complexity index is 1180. The Hall–Kier alpha value is -3.00. The zero-order chi connectivity index (χ0) is 22.0. The van der Waals surface area contributed by atoms with Crippen LogP contribution in [0.5, 0.6) is 11.5 Å². The molecule has 162 valence electrons. The van der Waals surface area contributed by atoms with Gasteiger partial charge in [-0.1, -0.05) is 36.9 Å². The molecule has 1 aromatic heterocycles. The van der Waals surface area contributed by atoms with Crippen molar-refractivity contribution in [2.45, 2.75) is 50.2 Å². The van der Waals surface area contributed by atoms with E-state index >= 15 is 0 Å². The van der Waals surface area contributed by atoms with Crippen LogP contribution in [0.4, 0.5) is 0 Å². The summed E-state index contributed by atoms with van der Waals surface area (Å²) in [4.78, 5) is 30.5. The molecule has 4 rings (SSSR count). The zero-order valence-electron chi connectivity index (χ0n) is 17.8. The molecular formula is C23H25N3O4S. The number of benzene rings is 2.